The predicted octanol–water partition coefficient (Wildman–Crippen LogP) is 3.57. The summed E-state index contributed by atoms with van der Waals surface area (Å²) in [5, 5.41) is 10.6. The Hall–Kier alpha value is -2.10. The molecule has 0 amide bonds. The standard InChI is InChI=1S/C14H11ClF2N2O4S/c1-8(11-4-2-9(16)6-13(11)17)18-24(22,23)10-3-5-12(15)14(7-10)19(20)21/h2-8,18H,1H3/t8-/m1/s1. The molecule has 0 fully saturated rings. The molecule has 0 aliphatic carbocycles. The first-order valence-electron chi connectivity index (χ1n) is 6.53. The topological polar surface area (TPSA) is 89.3 Å². The summed E-state index contributed by atoms with van der Waals surface area (Å²) in [5.41, 5.74) is -0.636. The fraction of sp³-hybridized carbons (Fsp3) is 0.143. The van der Waals surface area contributed by atoms with Gasteiger partial charge in [-0.05, 0) is 25.1 Å². The van der Waals surface area contributed by atoms with Gasteiger partial charge in [0.05, 0.1) is 9.82 Å². The average Bonchev–Trinajstić information content (AvgIpc) is 2.46. The molecule has 0 heterocycles. The lowest BCUT2D eigenvalue weighted by atomic mass is 10.1. The molecule has 0 aliphatic rings. The molecule has 6 nitrogen and oxygen atoms in total. The molecule has 2 aromatic rings. The maximum atomic E-state index is 13.7. The van der Waals surface area contributed by atoms with Crippen molar-refractivity contribution in [1.29, 1.82) is 0 Å². The zero-order valence-corrected chi connectivity index (χ0v) is 13.7. The maximum absolute atomic E-state index is 13.7. The minimum absolute atomic E-state index is 0.0663. The third-order valence-corrected chi connectivity index (χ3v) is 5.04. The third-order valence-electron chi connectivity index (χ3n) is 3.19. The highest BCUT2D eigenvalue weighted by Gasteiger charge is 2.24. The number of nitro benzene ring substituents is 1. The van der Waals surface area contributed by atoms with E-state index < -0.39 is 43.2 Å². The van der Waals surface area contributed by atoms with Crippen molar-refractivity contribution in [3.63, 3.8) is 0 Å². The number of nitrogens with one attached hydrogen (secondary N) is 1. The molecule has 0 saturated heterocycles. The minimum atomic E-state index is -4.18. The maximum Gasteiger partial charge on any atom is 0.289 e. The Kier molecular flexibility index (Phi) is 5.16. The van der Waals surface area contributed by atoms with Crippen LogP contribution < -0.4 is 4.72 Å². The van der Waals surface area contributed by atoms with Crippen LogP contribution in [0.2, 0.25) is 5.02 Å². The van der Waals surface area contributed by atoms with Gasteiger partial charge in [0.2, 0.25) is 10.0 Å². The fourth-order valence-corrected chi connectivity index (χ4v) is 3.45. The number of nitrogens with zero attached hydrogens (tertiary/aromatic N) is 1. The monoisotopic (exact) mass is 376 g/mol. The Bertz CT molecular complexity index is 906. The van der Waals surface area contributed by atoms with Crippen LogP contribution in [0.4, 0.5) is 14.5 Å². The second-order valence-electron chi connectivity index (χ2n) is 4.88. The normalized spacial score (nSPS) is 12.8. The van der Waals surface area contributed by atoms with Crippen LogP contribution in [0.15, 0.2) is 41.3 Å². The van der Waals surface area contributed by atoms with Crippen LogP contribution in [0.3, 0.4) is 0 Å². The summed E-state index contributed by atoms with van der Waals surface area (Å²) in [4.78, 5) is 9.63. The molecule has 0 radical (unpaired) electrons. The zero-order valence-electron chi connectivity index (χ0n) is 12.2. The highest BCUT2D eigenvalue weighted by molar-refractivity contribution is 7.89. The summed E-state index contributed by atoms with van der Waals surface area (Å²) in [5.74, 6) is -1.70. The second-order valence-corrected chi connectivity index (χ2v) is 7.00. The molecule has 0 aliphatic heterocycles. The van der Waals surface area contributed by atoms with Gasteiger partial charge < -0.3 is 0 Å². The predicted molar refractivity (Wildman–Crippen MR) is 83.2 cm³/mol. The molecule has 24 heavy (non-hydrogen) atoms. The van der Waals surface area contributed by atoms with E-state index in [1.807, 2.05) is 0 Å². The Labute approximate surface area is 141 Å². The van der Waals surface area contributed by atoms with Crippen molar-refractivity contribution >= 4 is 27.3 Å². The summed E-state index contributed by atoms with van der Waals surface area (Å²) in [6.07, 6.45) is 0. The van der Waals surface area contributed by atoms with E-state index in [9.17, 15) is 27.3 Å². The van der Waals surface area contributed by atoms with Gasteiger partial charge in [-0.2, -0.15) is 0 Å². The van der Waals surface area contributed by atoms with E-state index in [0.717, 1.165) is 30.3 Å². The van der Waals surface area contributed by atoms with Crippen LogP contribution in [0, 0.1) is 21.7 Å². The molecule has 128 valence electrons. The molecular weight excluding hydrogens is 366 g/mol. The van der Waals surface area contributed by atoms with Gasteiger partial charge in [-0.15, -0.1) is 0 Å². The first kappa shape index (κ1) is 18.2. The Morgan fingerprint density at radius 3 is 2.46 bits per heavy atom. The number of halogens is 3. The lowest BCUT2D eigenvalue weighted by Crippen LogP contribution is -2.27. The van der Waals surface area contributed by atoms with Gasteiger partial charge in [-0.25, -0.2) is 21.9 Å². The number of hydrogen-bond donors (Lipinski definition) is 1. The Morgan fingerprint density at radius 1 is 1.21 bits per heavy atom. The molecule has 1 atom stereocenters. The van der Waals surface area contributed by atoms with Crippen LogP contribution >= 0.6 is 11.6 Å². The number of rotatable bonds is 5. The summed E-state index contributed by atoms with van der Waals surface area (Å²) in [6.45, 7) is 1.36. The summed E-state index contributed by atoms with van der Waals surface area (Å²) < 4.78 is 53.4. The van der Waals surface area contributed by atoms with Crippen molar-refractivity contribution in [3.05, 3.63) is 68.7 Å². The largest absolute Gasteiger partial charge is 0.289 e. The first-order valence-corrected chi connectivity index (χ1v) is 8.39. The molecule has 0 aromatic heterocycles. The molecule has 0 bridgehead atoms. The van der Waals surface area contributed by atoms with E-state index in [2.05, 4.69) is 4.72 Å². The number of nitro groups is 1. The molecule has 10 heteroatoms. The van der Waals surface area contributed by atoms with Crippen molar-refractivity contribution in [2.45, 2.75) is 17.9 Å². The van der Waals surface area contributed by atoms with Crippen molar-refractivity contribution in [3.8, 4) is 0 Å². The first-order chi connectivity index (χ1) is 11.1. The Balaban J connectivity index is 2.34. The quantitative estimate of drug-likeness (QED) is 0.638. The molecule has 2 aromatic carbocycles. The van der Waals surface area contributed by atoms with E-state index in [1.165, 1.54) is 6.92 Å². The van der Waals surface area contributed by atoms with Gasteiger partial charge in [0.15, 0.2) is 0 Å². The van der Waals surface area contributed by atoms with Crippen molar-refractivity contribution in [1.82, 2.24) is 4.72 Å². The molecule has 0 spiro atoms. The van der Waals surface area contributed by atoms with Gasteiger partial charge in [0.1, 0.15) is 16.7 Å². The zero-order chi connectivity index (χ0) is 18.1. The van der Waals surface area contributed by atoms with Gasteiger partial charge in [-0.3, -0.25) is 10.1 Å². The number of hydrogen-bond acceptors (Lipinski definition) is 4. The number of benzene rings is 2. The van der Waals surface area contributed by atoms with E-state index in [1.54, 1.807) is 0 Å². The lowest BCUT2D eigenvalue weighted by Gasteiger charge is -2.15. The van der Waals surface area contributed by atoms with E-state index in [-0.39, 0.29) is 10.6 Å². The van der Waals surface area contributed by atoms with Gasteiger partial charge in [-0.1, -0.05) is 17.7 Å². The van der Waals surface area contributed by atoms with Crippen molar-refractivity contribution in [2.75, 3.05) is 0 Å². The second kappa shape index (κ2) is 6.80. The van der Waals surface area contributed by atoms with Gasteiger partial charge in [0, 0.05) is 23.7 Å². The van der Waals surface area contributed by atoms with E-state index in [4.69, 9.17) is 11.6 Å². The molecular formula is C14H11ClF2N2O4S. The SMILES string of the molecule is C[C@@H](NS(=O)(=O)c1ccc(Cl)c([N+](=O)[O-])c1)c1ccc(F)cc1F. The summed E-state index contributed by atoms with van der Waals surface area (Å²) in [6, 6.07) is 4.69. The van der Waals surface area contributed by atoms with Crippen molar-refractivity contribution < 1.29 is 22.1 Å². The van der Waals surface area contributed by atoms with Crippen molar-refractivity contribution in [2.24, 2.45) is 0 Å². The van der Waals surface area contributed by atoms with E-state index >= 15 is 0 Å². The van der Waals surface area contributed by atoms with Crippen LogP contribution in [0.25, 0.3) is 0 Å². The summed E-state index contributed by atoms with van der Waals surface area (Å²) in [7, 11) is -4.18. The molecule has 1 N–H and O–H groups in total. The highest BCUT2D eigenvalue weighted by atomic mass is 35.5. The van der Waals surface area contributed by atoms with Crippen LogP contribution in [0.1, 0.15) is 18.5 Å². The van der Waals surface area contributed by atoms with Crippen LogP contribution in [0.5, 0.6) is 0 Å². The highest BCUT2D eigenvalue weighted by Crippen LogP contribution is 2.28. The average molecular weight is 377 g/mol. The van der Waals surface area contributed by atoms with Crippen LogP contribution in [-0.4, -0.2) is 13.3 Å². The van der Waals surface area contributed by atoms with Gasteiger partial charge >= 0.3 is 0 Å². The fourth-order valence-electron chi connectivity index (χ4n) is 2.02. The molecule has 2 rings (SSSR count). The minimum Gasteiger partial charge on any atom is -0.258 e. The lowest BCUT2D eigenvalue weighted by molar-refractivity contribution is -0.384. The smallest absolute Gasteiger partial charge is 0.258 e. The third kappa shape index (κ3) is 3.86. The van der Waals surface area contributed by atoms with Crippen LogP contribution in [-0.2, 0) is 10.0 Å². The summed E-state index contributed by atoms with van der Waals surface area (Å²) >= 11 is 5.64. The number of sulfonamides is 1. The van der Waals surface area contributed by atoms with E-state index in [0.29, 0.717) is 6.07 Å². The molecule has 0 saturated carbocycles. The van der Waals surface area contributed by atoms with Gasteiger partial charge in [0.25, 0.3) is 5.69 Å². The molecule has 0 unspecified atom stereocenters. The Morgan fingerprint density at radius 2 is 1.88 bits per heavy atom.